The third-order valence-electron chi connectivity index (χ3n) is 5.42. The normalized spacial score (nSPS) is 18.6. The first-order valence-corrected chi connectivity index (χ1v) is 9.79. The Morgan fingerprint density at radius 3 is 2.52 bits per heavy atom. The van der Waals surface area contributed by atoms with Crippen LogP contribution in [-0.2, 0) is 29.2 Å². The van der Waals surface area contributed by atoms with E-state index in [2.05, 4.69) is 28.1 Å². The molecule has 2 aliphatic rings. The summed E-state index contributed by atoms with van der Waals surface area (Å²) in [5.74, 6) is -0.804. The number of carbonyl (C=O) groups is 3. The Kier molecular flexibility index (Phi) is 5.31. The van der Waals surface area contributed by atoms with E-state index in [1.165, 1.54) is 5.56 Å². The van der Waals surface area contributed by atoms with Crippen LogP contribution in [0.4, 0.5) is 5.69 Å². The van der Waals surface area contributed by atoms with Gasteiger partial charge in [0.1, 0.15) is 6.04 Å². The minimum absolute atomic E-state index is 0.146. The van der Waals surface area contributed by atoms with Crippen molar-refractivity contribution in [1.29, 1.82) is 0 Å². The molecule has 1 fully saturated rings. The van der Waals surface area contributed by atoms with E-state index in [-0.39, 0.29) is 24.1 Å². The molecule has 2 aliphatic heterocycles. The molecule has 2 aromatic carbocycles. The fourth-order valence-electron chi connectivity index (χ4n) is 3.86. The third-order valence-corrected chi connectivity index (χ3v) is 5.42. The van der Waals surface area contributed by atoms with Crippen molar-refractivity contribution >= 4 is 23.4 Å². The predicted octanol–water partition coefficient (Wildman–Crippen LogP) is 1.78. The van der Waals surface area contributed by atoms with Gasteiger partial charge in [0.05, 0.1) is 0 Å². The van der Waals surface area contributed by atoms with Gasteiger partial charge in [-0.2, -0.15) is 0 Å². The van der Waals surface area contributed by atoms with Gasteiger partial charge >= 0.3 is 0 Å². The molecule has 3 amide bonds. The maximum absolute atomic E-state index is 12.9. The third kappa shape index (κ3) is 4.00. The van der Waals surface area contributed by atoms with Gasteiger partial charge < -0.3 is 15.5 Å². The summed E-state index contributed by atoms with van der Waals surface area (Å²) in [7, 11) is 1.92. The van der Waals surface area contributed by atoms with Crippen LogP contribution in [0, 0.1) is 0 Å². The SMILES string of the molecule is CNCc1ccc(NCc2ccc3c(c2)C(=O)N(C2CCC(=O)NC2=O)C3)cc1. The number of carbonyl (C=O) groups excluding carboxylic acids is 3. The highest BCUT2D eigenvalue weighted by atomic mass is 16.2. The Morgan fingerprint density at radius 2 is 1.79 bits per heavy atom. The number of rotatable bonds is 6. The van der Waals surface area contributed by atoms with E-state index in [0.29, 0.717) is 25.1 Å². The number of piperidine rings is 1. The van der Waals surface area contributed by atoms with Crippen LogP contribution in [0.15, 0.2) is 42.5 Å². The van der Waals surface area contributed by atoms with E-state index in [1.807, 2.05) is 37.4 Å². The molecular formula is C22H24N4O3. The Balaban J connectivity index is 1.42. The van der Waals surface area contributed by atoms with Crippen molar-refractivity contribution < 1.29 is 14.4 Å². The molecule has 0 aromatic heterocycles. The highest BCUT2D eigenvalue weighted by Gasteiger charge is 2.39. The molecule has 3 N–H and O–H groups in total. The molecule has 2 heterocycles. The molecule has 7 heteroatoms. The van der Waals surface area contributed by atoms with Crippen LogP contribution in [0.2, 0.25) is 0 Å². The summed E-state index contributed by atoms with van der Waals surface area (Å²) in [5, 5.41) is 8.83. The fourth-order valence-corrected chi connectivity index (χ4v) is 3.86. The van der Waals surface area contributed by atoms with E-state index in [4.69, 9.17) is 0 Å². The first kappa shape index (κ1) is 19.1. The maximum Gasteiger partial charge on any atom is 0.255 e. The Hall–Kier alpha value is -3.19. The molecular weight excluding hydrogens is 368 g/mol. The standard InChI is InChI=1S/C22H24N4O3/c1-23-11-14-3-6-17(7-4-14)24-12-15-2-5-16-13-26(22(29)18(16)10-15)19-8-9-20(27)25-21(19)28/h2-7,10,19,23-24H,8-9,11-13H2,1H3,(H,25,27,28). The number of anilines is 1. The average Bonchev–Trinajstić information content (AvgIpc) is 3.04. The van der Waals surface area contributed by atoms with Gasteiger partial charge in [0.25, 0.3) is 5.91 Å². The highest BCUT2D eigenvalue weighted by molar-refractivity contribution is 6.05. The molecule has 0 bridgehead atoms. The first-order valence-electron chi connectivity index (χ1n) is 9.79. The average molecular weight is 392 g/mol. The molecule has 1 atom stereocenters. The van der Waals surface area contributed by atoms with Crippen molar-refractivity contribution in [2.45, 2.75) is 38.5 Å². The highest BCUT2D eigenvalue weighted by Crippen LogP contribution is 2.28. The molecule has 0 aliphatic carbocycles. The first-order chi connectivity index (χ1) is 14.0. The lowest BCUT2D eigenvalue weighted by Gasteiger charge is -2.29. The number of hydrogen-bond donors (Lipinski definition) is 3. The van der Waals surface area contributed by atoms with E-state index in [1.54, 1.807) is 4.90 Å². The fraction of sp³-hybridized carbons (Fsp3) is 0.318. The predicted molar refractivity (Wildman–Crippen MR) is 109 cm³/mol. The molecule has 7 nitrogen and oxygen atoms in total. The lowest BCUT2D eigenvalue weighted by molar-refractivity contribution is -0.136. The quantitative estimate of drug-likeness (QED) is 0.652. The smallest absolute Gasteiger partial charge is 0.255 e. The van der Waals surface area contributed by atoms with Crippen LogP contribution < -0.4 is 16.0 Å². The largest absolute Gasteiger partial charge is 0.381 e. The van der Waals surface area contributed by atoms with Crippen LogP contribution in [-0.4, -0.2) is 35.7 Å². The van der Waals surface area contributed by atoms with Gasteiger partial charge in [-0.3, -0.25) is 19.7 Å². The second-order valence-electron chi connectivity index (χ2n) is 7.47. The molecule has 0 saturated carbocycles. The number of amides is 3. The van der Waals surface area contributed by atoms with Gasteiger partial charge in [0.2, 0.25) is 11.8 Å². The van der Waals surface area contributed by atoms with Crippen molar-refractivity contribution in [2.75, 3.05) is 12.4 Å². The zero-order valence-electron chi connectivity index (χ0n) is 16.3. The maximum atomic E-state index is 12.9. The van der Waals surface area contributed by atoms with E-state index < -0.39 is 6.04 Å². The second kappa shape index (κ2) is 8.05. The monoisotopic (exact) mass is 392 g/mol. The number of nitrogens with zero attached hydrogens (tertiary/aromatic N) is 1. The summed E-state index contributed by atoms with van der Waals surface area (Å²) in [6.07, 6.45) is 0.640. The summed E-state index contributed by atoms with van der Waals surface area (Å²) in [4.78, 5) is 38.0. The van der Waals surface area contributed by atoms with Crippen molar-refractivity contribution in [2.24, 2.45) is 0 Å². The topological polar surface area (TPSA) is 90.5 Å². The summed E-state index contributed by atoms with van der Waals surface area (Å²) < 4.78 is 0. The Morgan fingerprint density at radius 1 is 1.03 bits per heavy atom. The summed E-state index contributed by atoms with van der Waals surface area (Å²) >= 11 is 0. The Labute approximate surface area is 169 Å². The second-order valence-corrected chi connectivity index (χ2v) is 7.47. The summed E-state index contributed by atoms with van der Waals surface area (Å²) in [6.45, 7) is 1.84. The van der Waals surface area contributed by atoms with Crippen LogP contribution >= 0.6 is 0 Å². The molecule has 1 saturated heterocycles. The van der Waals surface area contributed by atoms with Crippen LogP contribution in [0.5, 0.6) is 0 Å². The van der Waals surface area contributed by atoms with Crippen LogP contribution in [0.3, 0.4) is 0 Å². The van der Waals surface area contributed by atoms with Crippen molar-refractivity contribution in [3.8, 4) is 0 Å². The summed E-state index contributed by atoms with van der Waals surface area (Å²) in [5.41, 5.74) is 4.79. The van der Waals surface area contributed by atoms with Gasteiger partial charge in [0.15, 0.2) is 0 Å². The zero-order valence-corrected chi connectivity index (χ0v) is 16.3. The molecule has 1 unspecified atom stereocenters. The van der Waals surface area contributed by atoms with Crippen molar-refractivity contribution in [3.63, 3.8) is 0 Å². The van der Waals surface area contributed by atoms with E-state index in [9.17, 15) is 14.4 Å². The molecule has 150 valence electrons. The minimum atomic E-state index is -0.578. The van der Waals surface area contributed by atoms with Gasteiger partial charge in [-0.05, 0) is 48.4 Å². The number of imide groups is 1. The molecule has 2 aromatic rings. The number of benzene rings is 2. The molecule has 0 radical (unpaired) electrons. The number of fused-ring (bicyclic) bond motifs is 1. The van der Waals surface area contributed by atoms with Crippen LogP contribution in [0.1, 0.15) is 39.9 Å². The molecule has 0 spiro atoms. The summed E-state index contributed by atoms with van der Waals surface area (Å²) in [6, 6.07) is 13.5. The molecule has 29 heavy (non-hydrogen) atoms. The number of hydrogen-bond acceptors (Lipinski definition) is 5. The van der Waals surface area contributed by atoms with E-state index in [0.717, 1.165) is 23.4 Å². The molecule has 4 rings (SSSR count). The Bertz CT molecular complexity index is 955. The van der Waals surface area contributed by atoms with Gasteiger partial charge in [-0.1, -0.05) is 24.3 Å². The zero-order chi connectivity index (χ0) is 20.4. The van der Waals surface area contributed by atoms with Gasteiger partial charge in [-0.15, -0.1) is 0 Å². The lowest BCUT2D eigenvalue weighted by Crippen LogP contribution is -2.52. The minimum Gasteiger partial charge on any atom is -0.381 e. The van der Waals surface area contributed by atoms with Gasteiger partial charge in [-0.25, -0.2) is 0 Å². The lowest BCUT2D eigenvalue weighted by atomic mass is 10.0. The van der Waals surface area contributed by atoms with Gasteiger partial charge in [0, 0.05) is 37.3 Å². The van der Waals surface area contributed by atoms with Crippen molar-refractivity contribution in [1.82, 2.24) is 15.5 Å². The number of nitrogens with one attached hydrogen (secondary N) is 3. The van der Waals surface area contributed by atoms with Crippen LogP contribution in [0.25, 0.3) is 0 Å². The van der Waals surface area contributed by atoms with E-state index >= 15 is 0 Å². The van der Waals surface area contributed by atoms with Crippen molar-refractivity contribution in [3.05, 3.63) is 64.7 Å².